The molecule has 2 aliphatic heterocycles. The Morgan fingerprint density at radius 2 is 2.17 bits per heavy atom. The molecule has 1 aromatic carbocycles. The predicted octanol–water partition coefficient (Wildman–Crippen LogP) is 1.61. The van der Waals surface area contributed by atoms with E-state index >= 15 is 0 Å². The molecule has 1 N–H and O–H groups in total. The summed E-state index contributed by atoms with van der Waals surface area (Å²) >= 11 is 0. The van der Waals surface area contributed by atoms with Crippen LogP contribution in [0.1, 0.15) is 17.5 Å². The van der Waals surface area contributed by atoms with E-state index in [0.717, 1.165) is 31.9 Å². The molecular formula is C18H25N3O2S. The number of aliphatic imine (C=N–C) groups is 1. The van der Waals surface area contributed by atoms with Gasteiger partial charge in [0.15, 0.2) is 15.8 Å². The van der Waals surface area contributed by atoms with Gasteiger partial charge in [-0.25, -0.2) is 8.42 Å². The minimum absolute atomic E-state index is 0.146. The van der Waals surface area contributed by atoms with Gasteiger partial charge in [-0.15, -0.1) is 6.58 Å². The second-order valence-electron chi connectivity index (χ2n) is 6.54. The number of benzene rings is 1. The van der Waals surface area contributed by atoms with Crippen LogP contribution in [0.4, 0.5) is 0 Å². The lowest BCUT2D eigenvalue weighted by Gasteiger charge is -2.32. The van der Waals surface area contributed by atoms with Gasteiger partial charge in [-0.05, 0) is 29.9 Å². The van der Waals surface area contributed by atoms with Crippen molar-refractivity contribution in [2.75, 3.05) is 31.1 Å². The first-order valence-corrected chi connectivity index (χ1v) is 10.3. The van der Waals surface area contributed by atoms with E-state index in [9.17, 15) is 8.42 Å². The summed E-state index contributed by atoms with van der Waals surface area (Å²) < 4.78 is 23.2. The largest absolute Gasteiger partial charge is 0.353 e. The Morgan fingerprint density at radius 1 is 1.38 bits per heavy atom. The number of hydrogen-bond acceptors (Lipinski definition) is 3. The lowest BCUT2D eigenvalue weighted by atomic mass is 10.0. The summed E-state index contributed by atoms with van der Waals surface area (Å²) in [6, 6.07) is 8.50. The van der Waals surface area contributed by atoms with Crippen LogP contribution in [0.2, 0.25) is 0 Å². The molecule has 0 bridgehead atoms. The third kappa shape index (κ3) is 4.17. The number of fused-ring (bicyclic) bond motifs is 1. The quantitative estimate of drug-likeness (QED) is 0.511. The zero-order valence-corrected chi connectivity index (χ0v) is 14.8. The Bertz CT molecular complexity index is 728. The van der Waals surface area contributed by atoms with Gasteiger partial charge in [-0.3, -0.25) is 4.99 Å². The molecule has 6 heteroatoms. The number of rotatable bonds is 4. The maximum atomic E-state index is 11.6. The van der Waals surface area contributed by atoms with E-state index in [2.05, 4.69) is 41.1 Å². The number of sulfone groups is 1. The van der Waals surface area contributed by atoms with Crippen molar-refractivity contribution in [2.45, 2.75) is 19.4 Å². The van der Waals surface area contributed by atoms with Crippen LogP contribution in [0.15, 0.2) is 41.9 Å². The van der Waals surface area contributed by atoms with Crippen LogP contribution in [0.3, 0.4) is 0 Å². The molecule has 3 rings (SSSR count). The van der Waals surface area contributed by atoms with Crippen molar-refractivity contribution in [1.82, 2.24) is 10.2 Å². The van der Waals surface area contributed by atoms with Crippen molar-refractivity contribution in [3.8, 4) is 0 Å². The van der Waals surface area contributed by atoms with Gasteiger partial charge in [0.25, 0.3) is 0 Å². The highest BCUT2D eigenvalue weighted by molar-refractivity contribution is 7.91. The number of hydrogen-bond donors (Lipinski definition) is 1. The summed E-state index contributed by atoms with van der Waals surface area (Å²) in [6.07, 6.45) is 3.54. The number of guanidine groups is 1. The lowest BCUT2D eigenvalue weighted by molar-refractivity contribution is 0.378. The first-order chi connectivity index (χ1) is 11.6. The Labute approximate surface area is 144 Å². The summed E-state index contributed by atoms with van der Waals surface area (Å²) in [5, 5.41) is 3.32. The number of nitrogens with zero attached hydrogens (tertiary/aromatic N) is 2. The highest BCUT2D eigenvalue weighted by Gasteiger charge is 2.28. The van der Waals surface area contributed by atoms with E-state index in [-0.39, 0.29) is 11.7 Å². The molecule has 5 nitrogen and oxygen atoms in total. The monoisotopic (exact) mass is 347 g/mol. The fraction of sp³-hybridized carbons (Fsp3) is 0.500. The van der Waals surface area contributed by atoms with E-state index < -0.39 is 9.84 Å². The molecule has 0 radical (unpaired) electrons. The second kappa shape index (κ2) is 7.38. The molecule has 24 heavy (non-hydrogen) atoms. The third-order valence-corrected chi connectivity index (χ3v) is 6.50. The van der Waals surface area contributed by atoms with E-state index in [4.69, 9.17) is 4.99 Å². The van der Waals surface area contributed by atoms with Crippen molar-refractivity contribution < 1.29 is 8.42 Å². The smallest absolute Gasteiger partial charge is 0.194 e. The predicted molar refractivity (Wildman–Crippen MR) is 97.8 cm³/mol. The minimum Gasteiger partial charge on any atom is -0.353 e. The maximum Gasteiger partial charge on any atom is 0.194 e. The molecule has 1 fully saturated rings. The van der Waals surface area contributed by atoms with E-state index in [1.54, 1.807) is 0 Å². The molecule has 0 spiro atoms. The van der Waals surface area contributed by atoms with Gasteiger partial charge in [-0.1, -0.05) is 30.3 Å². The van der Waals surface area contributed by atoms with Crippen LogP contribution in [0, 0.1) is 5.92 Å². The van der Waals surface area contributed by atoms with Gasteiger partial charge in [0.05, 0.1) is 11.5 Å². The molecule has 2 aliphatic rings. The standard InChI is InChI=1S/C18H25N3O2S/c1-2-9-19-18(20-12-15-8-11-24(22,23)14-15)21-10-7-16-5-3-4-6-17(16)13-21/h2-6,15H,1,7-14H2,(H,19,20). The van der Waals surface area contributed by atoms with E-state index in [1.807, 2.05) is 6.08 Å². The highest BCUT2D eigenvalue weighted by atomic mass is 32.2. The molecule has 1 saturated heterocycles. The molecule has 2 heterocycles. The van der Waals surface area contributed by atoms with Gasteiger partial charge >= 0.3 is 0 Å². The fourth-order valence-electron chi connectivity index (χ4n) is 3.34. The van der Waals surface area contributed by atoms with Crippen LogP contribution in [-0.2, 0) is 22.8 Å². The summed E-state index contributed by atoms with van der Waals surface area (Å²) in [4.78, 5) is 6.97. The topological polar surface area (TPSA) is 61.8 Å². The zero-order valence-electron chi connectivity index (χ0n) is 13.9. The molecule has 0 aliphatic carbocycles. The Kier molecular flexibility index (Phi) is 5.23. The second-order valence-corrected chi connectivity index (χ2v) is 8.77. The summed E-state index contributed by atoms with van der Waals surface area (Å²) in [7, 11) is -2.84. The fourth-order valence-corrected chi connectivity index (χ4v) is 5.19. The summed E-state index contributed by atoms with van der Waals surface area (Å²) in [5.74, 6) is 1.58. The van der Waals surface area contributed by atoms with Crippen LogP contribution in [0.5, 0.6) is 0 Å². The van der Waals surface area contributed by atoms with E-state index in [0.29, 0.717) is 18.8 Å². The first kappa shape index (κ1) is 17.0. The molecule has 1 atom stereocenters. The molecule has 1 aromatic rings. The normalized spacial score (nSPS) is 22.9. The Hall–Kier alpha value is -1.82. The Balaban J connectivity index is 1.70. The highest BCUT2D eigenvalue weighted by Crippen LogP contribution is 2.20. The average molecular weight is 347 g/mol. The average Bonchev–Trinajstić information content (AvgIpc) is 2.93. The van der Waals surface area contributed by atoms with Crippen molar-refractivity contribution in [3.05, 3.63) is 48.0 Å². The SMILES string of the molecule is C=CCNC(=NCC1CCS(=O)(=O)C1)N1CCc2ccccc2C1. The summed E-state index contributed by atoms with van der Waals surface area (Å²) in [6.45, 7) is 6.73. The van der Waals surface area contributed by atoms with Gasteiger partial charge in [0, 0.05) is 26.2 Å². The van der Waals surface area contributed by atoms with Crippen LogP contribution < -0.4 is 5.32 Å². The minimum atomic E-state index is -2.84. The molecule has 1 unspecified atom stereocenters. The van der Waals surface area contributed by atoms with Gasteiger partial charge < -0.3 is 10.2 Å². The van der Waals surface area contributed by atoms with Crippen molar-refractivity contribution >= 4 is 15.8 Å². The van der Waals surface area contributed by atoms with Crippen LogP contribution in [0.25, 0.3) is 0 Å². The number of nitrogens with one attached hydrogen (secondary N) is 1. The summed E-state index contributed by atoms with van der Waals surface area (Å²) in [5.41, 5.74) is 2.74. The maximum absolute atomic E-state index is 11.6. The molecule has 0 saturated carbocycles. The molecule has 130 valence electrons. The lowest BCUT2D eigenvalue weighted by Crippen LogP contribution is -2.44. The first-order valence-electron chi connectivity index (χ1n) is 8.49. The molecular weight excluding hydrogens is 322 g/mol. The van der Waals surface area contributed by atoms with Gasteiger partial charge in [0.1, 0.15) is 0 Å². The van der Waals surface area contributed by atoms with Crippen LogP contribution in [-0.4, -0.2) is 50.4 Å². The van der Waals surface area contributed by atoms with Gasteiger partial charge in [0.2, 0.25) is 0 Å². The third-order valence-electron chi connectivity index (χ3n) is 4.66. The van der Waals surface area contributed by atoms with Crippen molar-refractivity contribution in [2.24, 2.45) is 10.9 Å². The Morgan fingerprint density at radius 3 is 2.88 bits per heavy atom. The molecule has 0 aromatic heterocycles. The van der Waals surface area contributed by atoms with Crippen LogP contribution >= 0.6 is 0 Å². The van der Waals surface area contributed by atoms with Gasteiger partial charge in [-0.2, -0.15) is 0 Å². The van der Waals surface area contributed by atoms with E-state index in [1.165, 1.54) is 11.1 Å². The zero-order chi connectivity index (χ0) is 17.0. The van der Waals surface area contributed by atoms with Crippen molar-refractivity contribution in [3.63, 3.8) is 0 Å². The molecule has 0 amide bonds. The van der Waals surface area contributed by atoms with Crippen molar-refractivity contribution in [1.29, 1.82) is 0 Å².